The molecule has 28 heavy (non-hydrogen) atoms. The number of carbonyl (C=O) groups is 1. The fourth-order valence-corrected chi connectivity index (χ4v) is 3.58. The highest BCUT2D eigenvalue weighted by Crippen LogP contribution is 2.20. The molecule has 5 nitrogen and oxygen atoms in total. The molecule has 2 rings (SSSR count). The Kier molecular flexibility index (Phi) is 8.90. The zero-order chi connectivity index (χ0) is 20.5. The van der Waals surface area contributed by atoms with E-state index in [2.05, 4.69) is 73.5 Å². The zero-order valence-corrected chi connectivity index (χ0v) is 18.7. The molecule has 0 unspecified atom stereocenters. The molecular formula is C22H34N4OS. The highest BCUT2D eigenvalue weighted by atomic mass is 32.1. The minimum Gasteiger partial charge on any atom is -0.356 e. The van der Waals surface area contributed by atoms with E-state index in [-0.39, 0.29) is 5.91 Å². The van der Waals surface area contributed by atoms with Gasteiger partial charge in [-0.2, -0.15) is 4.37 Å². The Labute approximate surface area is 173 Å². The topological polar surface area (TPSA) is 58.1 Å². The summed E-state index contributed by atoms with van der Waals surface area (Å²) < 4.78 is 4.55. The van der Waals surface area contributed by atoms with Gasteiger partial charge in [0.05, 0.1) is 0 Å². The number of aromatic nitrogens is 2. The first kappa shape index (κ1) is 22.3. The third-order valence-corrected chi connectivity index (χ3v) is 5.26. The van der Waals surface area contributed by atoms with Gasteiger partial charge in [-0.3, -0.25) is 4.79 Å². The van der Waals surface area contributed by atoms with E-state index < -0.39 is 0 Å². The van der Waals surface area contributed by atoms with Crippen LogP contribution in [0.3, 0.4) is 0 Å². The van der Waals surface area contributed by atoms with Crippen molar-refractivity contribution in [2.75, 3.05) is 24.5 Å². The fourth-order valence-electron chi connectivity index (χ4n) is 2.86. The third-order valence-electron chi connectivity index (χ3n) is 4.45. The fraction of sp³-hybridized carbons (Fsp3) is 0.591. The summed E-state index contributed by atoms with van der Waals surface area (Å²) >= 11 is 1.43. The van der Waals surface area contributed by atoms with Crippen LogP contribution in [0.5, 0.6) is 0 Å². The van der Waals surface area contributed by atoms with Gasteiger partial charge in [-0.25, -0.2) is 4.98 Å². The molecule has 0 aliphatic heterocycles. The minimum absolute atomic E-state index is 0.110. The van der Waals surface area contributed by atoms with E-state index in [0.29, 0.717) is 24.8 Å². The maximum Gasteiger partial charge on any atom is 0.221 e. The zero-order valence-electron chi connectivity index (χ0n) is 17.9. The lowest BCUT2D eigenvalue weighted by Crippen LogP contribution is -2.33. The molecule has 0 aliphatic carbocycles. The lowest BCUT2D eigenvalue weighted by atomic mass is 10.1. The van der Waals surface area contributed by atoms with Crippen molar-refractivity contribution in [3.05, 3.63) is 41.2 Å². The number of benzene rings is 1. The number of hydrogen-bond acceptors (Lipinski definition) is 5. The Bertz CT molecular complexity index is 724. The van der Waals surface area contributed by atoms with E-state index in [1.165, 1.54) is 22.7 Å². The van der Waals surface area contributed by atoms with Crippen LogP contribution in [0.1, 0.15) is 57.5 Å². The number of hydrogen-bond donors (Lipinski definition) is 1. The molecule has 1 amide bonds. The van der Waals surface area contributed by atoms with Gasteiger partial charge >= 0.3 is 0 Å². The third kappa shape index (κ3) is 7.97. The predicted octanol–water partition coefficient (Wildman–Crippen LogP) is 4.45. The quantitative estimate of drug-likeness (QED) is 0.603. The van der Waals surface area contributed by atoms with E-state index in [1.807, 2.05) is 0 Å². The predicted molar refractivity (Wildman–Crippen MR) is 118 cm³/mol. The molecule has 0 atom stereocenters. The Balaban J connectivity index is 1.94. The molecule has 0 radical (unpaired) electrons. The summed E-state index contributed by atoms with van der Waals surface area (Å²) in [6.45, 7) is 13.1. The standard InChI is InChI=1S/C22H34N4OS/c1-16(2)10-12-23-21(27)11-13-26(15-17(3)4)22-24-20(25-28-22)14-19-8-6-18(5)7-9-19/h6-9,16-17H,10-15H2,1-5H3,(H,23,27). The summed E-state index contributed by atoms with van der Waals surface area (Å²) in [6, 6.07) is 8.49. The van der Waals surface area contributed by atoms with Crippen LogP contribution in [0, 0.1) is 18.8 Å². The van der Waals surface area contributed by atoms with Gasteiger partial charge < -0.3 is 10.2 Å². The summed E-state index contributed by atoms with van der Waals surface area (Å²) in [7, 11) is 0. The molecule has 6 heteroatoms. The molecule has 0 spiro atoms. The molecule has 0 saturated carbocycles. The first-order valence-corrected chi connectivity index (χ1v) is 11.0. The molecule has 1 N–H and O–H groups in total. The van der Waals surface area contributed by atoms with Crippen molar-refractivity contribution < 1.29 is 4.79 Å². The lowest BCUT2D eigenvalue weighted by molar-refractivity contribution is -0.120. The molecule has 0 fully saturated rings. The normalized spacial score (nSPS) is 11.2. The van der Waals surface area contributed by atoms with Crippen molar-refractivity contribution in [2.24, 2.45) is 11.8 Å². The van der Waals surface area contributed by atoms with Crippen LogP contribution < -0.4 is 10.2 Å². The van der Waals surface area contributed by atoms with Gasteiger partial charge in [0.25, 0.3) is 0 Å². The van der Waals surface area contributed by atoms with Gasteiger partial charge in [0, 0.05) is 44.0 Å². The van der Waals surface area contributed by atoms with Crippen molar-refractivity contribution in [2.45, 2.75) is 53.9 Å². The summed E-state index contributed by atoms with van der Waals surface area (Å²) in [6.07, 6.45) is 2.24. The highest BCUT2D eigenvalue weighted by Gasteiger charge is 2.16. The number of aryl methyl sites for hydroxylation is 1. The van der Waals surface area contributed by atoms with Gasteiger partial charge in [0.2, 0.25) is 11.0 Å². The second-order valence-electron chi connectivity index (χ2n) is 8.28. The van der Waals surface area contributed by atoms with Crippen LogP contribution in [0.2, 0.25) is 0 Å². The van der Waals surface area contributed by atoms with Crippen LogP contribution in [0.25, 0.3) is 0 Å². The number of nitrogens with one attached hydrogen (secondary N) is 1. The van der Waals surface area contributed by atoms with Crippen molar-refractivity contribution >= 4 is 22.6 Å². The summed E-state index contributed by atoms with van der Waals surface area (Å²) in [4.78, 5) is 19.1. The summed E-state index contributed by atoms with van der Waals surface area (Å²) in [5.74, 6) is 2.05. The molecule has 1 heterocycles. The number of carbonyl (C=O) groups excluding carboxylic acids is 1. The number of nitrogens with zero attached hydrogens (tertiary/aromatic N) is 3. The van der Waals surface area contributed by atoms with Crippen molar-refractivity contribution in [1.82, 2.24) is 14.7 Å². The molecular weight excluding hydrogens is 368 g/mol. The molecule has 1 aromatic heterocycles. The summed E-state index contributed by atoms with van der Waals surface area (Å²) in [5.41, 5.74) is 2.47. The number of rotatable bonds is 11. The number of amides is 1. The summed E-state index contributed by atoms with van der Waals surface area (Å²) in [5, 5.41) is 3.93. The minimum atomic E-state index is 0.110. The van der Waals surface area contributed by atoms with Gasteiger partial charge in [-0.1, -0.05) is 57.5 Å². The van der Waals surface area contributed by atoms with E-state index in [4.69, 9.17) is 4.98 Å². The average molecular weight is 403 g/mol. The van der Waals surface area contributed by atoms with Gasteiger partial charge in [0.15, 0.2) is 0 Å². The van der Waals surface area contributed by atoms with Crippen LogP contribution in [0.15, 0.2) is 24.3 Å². The molecule has 2 aromatic rings. The van der Waals surface area contributed by atoms with Crippen LogP contribution in [-0.2, 0) is 11.2 Å². The Morgan fingerprint density at radius 2 is 1.86 bits per heavy atom. The van der Waals surface area contributed by atoms with Crippen LogP contribution in [-0.4, -0.2) is 34.9 Å². The Hall–Kier alpha value is -1.95. The van der Waals surface area contributed by atoms with Crippen molar-refractivity contribution in [3.63, 3.8) is 0 Å². The van der Waals surface area contributed by atoms with E-state index in [9.17, 15) is 4.79 Å². The van der Waals surface area contributed by atoms with E-state index in [0.717, 1.165) is 36.9 Å². The smallest absolute Gasteiger partial charge is 0.221 e. The second kappa shape index (κ2) is 11.1. The molecule has 0 bridgehead atoms. The Morgan fingerprint density at radius 3 is 2.50 bits per heavy atom. The van der Waals surface area contributed by atoms with E-state index in [1.54, 1.807) is 0 Å². The largest absolute Gasteiger partial charge is 0.356 e. The van der Waals surface area contributed by atoms with Gasteiger partial charge in [0.1, 0.15) is 5.82 Å². The first-order chi connectivity index (χ1) is 13.3. The molecule has 1 aromatic carbocycles. The maximum absolute atomic E-state index is 12.1. The Morgan fingerprint density at radius 1 is 1.14 bits per heavy atom. The SMILES string of the molecule is Cc1ccc(Cc2nsc(N(CCC(=O)NCCC(C)C)CC(C)C)n2)cc1. The van der Waals surface area contributed by atoms with Gasteiger partial charge in [-0.15, -0.1) is 0 Å². The first-order valence-electron chi connectivity index (χ1n) is 10.2. The molecule has 0 saturated heterocycles. The number of anilines is 1. The average Bonchev–Trinajstić information content (AvgIpc) is 3.08. The lowest BCUT2D eigenvalue weighted by Gasteiger charge is -2.23. The van der Waals surface area contributed by atoms with E-state index >= 15 is 0 Å². The monoisotopic (exact) mass is 402 g/mol. The van der Waals surface area contributed by atoms with Crippen LogP contribution >= 0.6 is 11.5 Å². The second-order valence-corrected chi connectivity index (χ2v) is 9.01. The van der Waals surface area contributed by atoms with Crippen molar-refractivity contribution in [3.8, 4) is 0 Å². The van der Waals surface area contributed by atoms with Crippen molar-refractivity contribution in [1.29, 1.82) is 0 Å². The highest BCUT2D eigenvalue weighted by molar-refractivity contribution is 7.09. The van der Waals surface area contributed by atoms with Gasteiger partial charge in [-0.05, 0) is 30.7 Å². The maximum atomic E-state index is 12.1. The molecule has 0 aliphatic rings. The van der Waals surface area contributed by atoms with Crippen LogP contribution in [0.4, 0.5) is 5.13 Å². The molecule has 154 valence electrons.